The van der Waals surface area contributed by atoms with Crippen molar-refractivity contribution in [2.45, 2.75) is 23.5 Å². The summed E-state index contributed by atoms with van der Waals surface area (Å²) in [5.41, 5.74) is 4.24. The van der Waals surface area contributed by atoms with Crippen LogP contribution in [0, 0.1) is 0 Å². The largest absolute Gasteiger partial charge is 0.353 e. The molecule has 0 unspecified atom stereocenters. The summed E-state index contributed by atoms with van der Waals surface area (Å²) in [7, 11) is 0. The summed E-state index contributed by atoms with van der Waals surface area (Å²) in [6, 6.07) is 14.2. The molecule has 3 aromatic rings. The first kappa shape index (κ1) is 22.7. The van der Waals surface area contributed by atoms with E-state index >= 15 is 0 Å². The molecule has 4 rings (SSSR count). The Kier molecular flexibility index (Phi) is 8.07. The Hall–Kier alpha value is -2.50. The van der Waals surface area contributed by atoms with Crippen LogP contribution in [0.3, 0.4) is 0 Å². The normalized spacial score (nSPS) is 14.4. The second-order valence-corrected chi connectivity index (χ2v) is 9.33. The lowest BCUT2D eigenvalue weighted by atomic mass is 10.2. The third-order valence-electron chi connectivity index (χ3n) is 4.53. The number of ether oxygens (including phenoxy) is 2. The van der Waals surface area contributed by atoms with E-state index in [1.54, 1.807) is 53.4 Å². The standard InChI is InChI=1S/C22H23N3O5S2/c26-19(14-30-25-21(27)15-5-2-1-3-6-15)23-16-7-8-17-18(13-16)32-22(24-17)31-12-9-20-28-10-4-11-29-20/h1-3,5-8,13,20H,4,9-12,14H2,(H,23,26)(H,25,27). The minimum atomic E-state index is -0.406. The molecule has 1 aliphatic rings. The van der Waals surface area contributed by atoms with Gasteiger partial charge in [-0.2, -0.15) is 0 Å². The van der Waals surface area contributed by atoms with E-state index in [0.717, 1.165) is 46.4 Å². The summed E-state index contributed by atoms with van der Waals surface area (Å²) in [5.74, 6) is 0.0839. The van der Waals surface area contributed by atoms with E-state index in [-0.39, 0.29) is 18.8 Å². The number of hydrogen-bond donors (Lipinski definition) is 2. The Morgan fingerprint density at radius 1 is 1.16 bits per heavy atom. The van der Waals surface area contributed by atoms with Crippen molar-refractivity contribution in [3.05, 3.63) is 54.1 Å². The molecule has 0 aliphatic carbocycles. The van der Waals surface area contributed by atoms with Crippen molar-refractivity contribution in [2.24, 2.45) is 0 Å². The predicted octanol–water partition coefficient (Wildman–Crippen LogP) is 3.84. The molecule has 1 aliphatic heterocycles. The maximum atomic E-state index is 12.1. The number of thiazole rings is 1. The highest BCUT2D eigenvalue weighted by atomic mass is 32.2. The molecule has 10 heteroatoms. The fourth-order valence-corrected chi connectivity index (χ4v) is 5.14. The number of amides is 2. The van der Waals surface area contributed by atoms with Gasteiger partial charge in [-0.3, -0.25) is 14.4 Å². The van der Waals surface area contributed by atoms with Crippen LogP contribution in [0.1, 0.15) is 23.2 Å². The SMILES string of the molecule is O=C(CONC(=O)c1ccccc1)Nc1ccc2nc(SCCC3OCCCO3)sc2c1. The van der Waals surface area contributed by atoms with E-state index in [1.165, 1.54) is 0 Å². The number of fused-ring (bicyclic) bond motifs is 1. The van der Waals surface area contributed by atoms with Crippen molar-refractivity contribution < 1.29 is 23.9 Å². The number of hydroxylamine groups is 1. The van der Waals surface area contributed by atoms with Gasteiger partial charge in [-0.05, 0) is 36.8 Å². The van der Waals surface area contributed by atoms with Gasteiger partial charge in [0.2, 0.25) is 0 Å². The van der Waals surface area contributed by atoms with E-state index < -0.39 is 5.91 Å². The van der Waals surface area contributed by atoms with Crippen molar-refractivity contribution >= 4 is 50.8 Å². The van der Waals surface area contributed by atoms with Crippen molar-refractivity contribution in [3.8, 4) is 0 Å². The Morgan fingerprint density at radius 3 is 2.78 bits per heavy atom. The van der Waals surface area contributed by atoms with Crippen LogP contribution in [0.4, 0.5) is 5.69 Å². The van der Waals surface area contributed by atoms with Gasteiger partial charge in [0.1, 0.15) is 0 Å². The third-order valence-corrected chi connectivity index (χ3v) is 6.73. The summed E-state index contributed by atoms with van der Waals surface area (Å²) in [6.45, 7) is 1.22. The Labute approximate surface area is 193 Å². The minimum absolute atomic E-state index is 0.118. The summed E-state index contributed by atoms with van der Waals surface area (Å²) in [4.78, 5) is 33.7. The highest BCUT2D eigenvalue weighted by Crippen LogP contribution is 2.32. The molecule has 0 radical (unpaired) electrons. The molecule has 0 spiro atoms. The number of rotatable bonds is 9. The van der Waals surface area contributed by atoms with Gasteiger partial charge < -0.3 is 14.8 Å². The zero-order valence-corrected chi connectivity index (χ0v) is 18.9. The second-order valence-electron chi connectivity index (χ2n) is 6.96. The lowest BCUT2D eigenvalue weighted by Gasteiger charge is -2.22. The smallest absolute Gasteiger partial charge is 0.274 e. The van der Waals surface area contributed by atoms with E-state index in [9.17, 15) is 9.59 Å². The number of thioether (sulfide) groups is 1. The lowest BCUT2D eigenvalue weighted by molar-refractivity contribution is -0.178. The van der Waals surface area contributed by atoms with Crippen molar-refractivity contribution in [1.29, 1.82) is 0 Å². The molecule has 0 saturated carbocycles. The van der Waals surface area contributed by atoms with Crippen LogP contribution < -0.4 is 10.8 Å². The minimum Gasteiger partial charge on any atom is -0.353 e. The Morgan fingerprint density at radius 2 is 1.97 bits per heavy atom. The molecule has 8 nitrogen and oxygen atoms in total. The van der Waals surface area contributed by atoms with E-state index in [2.05, 4.69) is 15.8 Å². The van der Waals surface area contributed by atoms with Crippen LogP contribution in [0.25, 0.3) is 10.2 Å². The molecule has 1 aromatic heterocycles. The molecule has 2 amide bonds. The van der Waals surface area contributed by atoms with Crippen LogP contribution in [0.2, 0.25) is 0 Å². The number of carbonyl (C=O) groups excluding carboxylic acids is 2. The summed E-state index contributed by atoms with van der Waals surface area (Å²) >= 11 is 3.25. The van der Waals surface area contributed by atoms with E-state index in [0.29, 0.717) is 11.3 Å². The summed E-state index contributed by atoms with van der Waals surface area (Å²) < 4.78 is 13.1. The van der Waals surface area contributed by atoms with Crippen LogP contribution >= 0.6 is 23.1 Å². The molecule has 2 N–H and O–H groups in total. The quantitative estimate of drug-likeness (QED) is 0.360. The van der Waals surface area contributed by atoms with Gasteiger partial charge in [0.05, 0.1) is 23.4 Å². The third kappa shape index (κ3) is 6.50. The predicted molar refractivity (Wildman–Crippen MR) is 124 cm³/mol. The van der Waals surface area contributed by atoms with Gasteiger partial charge in [-0.15, -0.1) is 11.3 Å². The molecule has 0 bridgehead atoms. The van der Waals surface area contributed by atoms with Gasteiger partial charge in [-0.25, -0.2) is 10.5 Å². The number of hydrogen-bond acceptors (Lipinski definition) is 8. The van der Waals surface area contributed by atoms with Crippen LogP contribution in [-0.4, -0.2) is 48.7 Å². The molecule has 1 fully saturated rings. The van der Waals surface area contributed by atoms with Gasteiger partial charge >= 0.3 is 0 Å². The number of carbonyl (C=O) groups is 2. The van der Waals surface area contributed by atoms with Crippen molar-refractivity contribution in [2.75, 3.05) is 30.9 Å². The molecule has 0 atom stereocenters. The number of nitrogens with one attached hydrogen (secondary N) is 2. The van der Waals surface area contributed by atoms with Crippen molar-refractivity contribution in [3.63, 3.8) is 0 Å². The van der Waals surface area contributed by atoms with Crippen LogP contribution in [0.15, 0.2) is 52.9 Å². The fraction of sp³-hybridized carbons (Fsp3) is 0.318. The van der Waals surface area contributed by atoms with E-state index in [1.807, 2.05) is 18.2 Å². The molecule has 1 saturated heterocycles. The maximum absolute atomic E-state index is 12.1. The number of aromatic nitrogens is 1. The van der Waals surface area contributed by atoms with Crippen LogP contribution in [-0.2, 0) is 19.1 Å². The van der Waals surface area contributed by atoms with Gasteiger partial charge in [-0.1, -0.05) is 30.0 Å². The molecule has 32 heavy (non-hydrogen) atoms. The molecule has 168 valence electrons. The first-order chi connectivity index (χ1) is 15.7. The first-order valence-corrected chi connectivity index (χ1v) is 12.0. The lowest BCUT2D eigenvalue weighted by Crippen LogP contribution is -2.29. The maximum Gasteiger partial charge on any atom is 0.274 e. The highest BCUT2D eigenvalue weighted by Gasteiger charge is 2.15. The Bertz CT molecular complexity index is 1050. The fourth-order valence-electron chi connectivity index (χ4n) is 3.00. The van der Waals surface area contributed by atoms with Crippen molar-refractivity contribution in [1.82, 2.24) is 10.5 Å². The van der Waals surface area contributed by atoms with E-state index in [4.69, 9.17) is 14.3 Å². The summed E-state index contributed by atoms with van der Waals surface area (Å²) in [6.07, 6.45) is 1.66. The summed E-state index contributed by atoms with van der Waals surface area (Å²) in [5, 5.41) is 2.77. The van der Waals surface area contributed by atoms with Gasteiger partial charge in [0, 0.05) is 23.4 Å². The van der Waals surface area contributed by atoms with Gasteiger partial charge in [0.15, 0.2) is 17.2 Å². The average Bonchev–Trinajstić information content (AvgIpc) is 3.22. The molecular weight excluding hydrogens is 450 g/mol. The zero-order valence-electron chi connectivity index (χ0n) is 17.2. The number of anilines is 1. The second kappa shape index (κ2) is 11.4. The van der Waals surface area contributed by atoms with Crippen LogP contribution in [0.5, 0.6) is 0 Å². The monoisotopic (exact) mass is 473 g/mol. The molecule has 2 aromatic carbocycles. The topological polar surface area (TPSA) is 98.8 Å². The number of benzene rings is 2. The highest BCUT2D eigenvalue weighted by molar-refractivity contribution is 8.01. The average molecular weight is 474 g/mol. The number of nitrogens with zero attached hydrogens (tertiary/aromatic N) is 1. The van der Waals surface area contributed by atoms with Gasteiger partial charge in [0.25, 0.3) is 11.8 Å². The zero-order chi connectivity index (χ0) is 22.2. The molecule has 2 heterocycles. The molecular formula is C22H23N3O5S2. The first-order valence-electron chi connectivity index (χ1n) is 10.2. The Balaban J connectivity index is 1.23.